The lowest BCUT2D eigenvalue weighted by molar-refractivity contribution is 0.409. The first-order chi connectivity index (χ1) is 24.8. The number of aromatic nitrogens is 1. The van der Waals surface area contributed by atoms with Crippen molar-refractivity contribution in [1.82, 2.24) is 15.2 Å². The number of hydrogen-bond donors (Lipinski definition) is 2. The highest BCUT2D eigenvalue weighted by Gasteiger charge is 2.26. The van der Waals surface area contributed by atoms with Crippen molar-refractivity contribution in [2.45, 2.75) is 12.3 Å². The van der Waals surface area contributed by atoms with Gasteiger partial charge in [-0.15, -0.1) is 11.3 Å². The Morgan fingerprint density at radius 2 is 1.12 bits per heavy atom. The third-order valence-corrected chi connectivity index (χ3v) is 11.0. The van der Waals surface area contributed by atoms with E-state index >= 15 is 0 Å². The van der Waals surface area contributed by atoms with Crippen LogP contribution in [0, 0.1) is 0 Å². The normalized spacial score (nSPS) is 16.2. The first-order valence-corrected chi connectivity index (χ1v) is 17.8. The number of hydrogen-bond acceptors (Lipinski definition) is 4. The van der Waals surface area contributed by atoms with Crippen LogP contribution in [0.3, 0.4) is 0 Å². The predicted molar refractivity (Wildman–Crippen MR) is 210 cm³/mol. The lowest BCUT2D eigenvalue weighted by Gasteiger charge is -2.32. The van der Waals surface area contributed by atoms with Gasteiger partial charge >= 0.3 is 0 Å². The quantitative estimate of drug-likeness (QED) is 0.193. The van der Waals surface area contributed by atoms with Crippen LogP contribution in [0.2, 0.25) is 0 Å². The summed E-state index contributed by atoms with van der Waals surface area (Å²) in [5.74, 6) is 0.880. The maximum absolute atomic E-state index is 5.20. The third-order valence-electron chi connectivity index (χ3n) is 9.90. The van der Waals surface area contributed by atoms with Crippen LogP contribution < -0.4 is 10.6 Å². The predicted octanol–water partition coefficient (Wildman–Crippen LogP) is 11.2. The van der Waals surface area contributed by atoms with E-state index in [1.165, 1.54) is 53.1 Å². The molecule has 2 aromatic heterocycles. The molecule has 0 fully saturated rings. The first-order valence-electron chi connectivity index (χ1n) is 17.0. The van der Waals surface area contributed by atoms with Crippen molar-refractivity contribution in [3.05, 3.63) is 187 Å². The minimum absolute atomic E-state index is 0.113. The average molecular weight is 661 g/mol. The zero-order valence-electron chi connectivity index (χ0n) is 27.1. The molecule has 0 saturated carbocycles. The van der Waals surface area contributed by atoms with E-state index in [0.717, 1.165) is 28.2 Å². The van der Waals surface area contributed by atoms with Gasteiger partial charge in [0.2, 0.25) is 0 Å². The second-order valence-corrected chi connectivity index (χ2v) is 14.0. The van der Waals surface area contributed by atoms with Crippen LogP contribution in [-0.2, 0) is 0 Å². The maximum atomic E-state index is 5.20. The molecule has 5 heteroatoms. The number of nitrogens with one attached hydrogen (secondary N) is 2. The molecular weight excluding hydrogens is 629 g/mol. The number of amidine groups is 1. The molecule has 10 rings (SSSR count). The van der Waals surface area contributed by atoms with Crippen LogP contribution in [-0.4, -0.2) is 10.4 Å². The maximum Gasteiger partial charge on any atom is 0.131 e. The van der Waals surface area contributed by atoms with Crippen molar-refractivity contribution in [3.8, 4) is 16.8 Å². The summed E-state index contributed by atoms with van der Waals surface area (Å²) < 4.78 is 5.04. The highest BCUT2D eigenvalue weighted by Crippen LogP contribution is 2.40. The average Bonchev–Trinajstić information content (AvgIpc) is 3.72. The Hall–Kier alpha value is -6.01. The molecule has 0 radical (unpaired) electrons. The Morgan fingerprint density at radius 1 is 0.480 bits per heavy atom. The fourth-order valence-electron chi connectivity index (χ4n) is 7.41. The first kappa shape index (κ1) is 29.0. The third kappa shape index (κ3) is 4.90. The van der Waals surface area contributed by atoms with E-state index in [2.05, 4.69) is 179 Å². The van der Waals surface area contributed by atoms with Gasteiger partial charge in [-0.2, -0.15) is 0 Å². The van der Waals surface area contributed by atoms with Crippen LogP contribution >= 0.6 is 11.3 Å². The van der Waals surface area contributed by atoms with Crippen molar-refractivity contribution in [2.75, 3.05) is 0 Å². The Morgan fingerprint density at radius 3 is 1.90 bits per heavy atom. The molecule has 0 aliphatic carbocycles. The summed E-state index contributed by atoms with van der Waals surface area (Å²) >= 11 is 1.87. The Kier molecular flexibility index (Phi) is 6.86. The fraction of sp³-hybridized carbons (Fsp3) is 0.0444. The van der Waals surface area contributed by atoms with Crippen LogP contribution in [0.5, 0.6) is 0 Å². The van der Waals surface area contributed by atoms with Gasteiger partial charge in [-0.25, -0.2) is 4.99 Å². The molecule has 3 heterocycles. The van der Waals surface area contributed by atoms with Gasteiger partial charge in [-0.05, 0) is 58.7 Å². The number of aliphatic imine (C=N–C) groups is 1. The molecule has 0 amide bonds. The second-order valence-electron chi connectivity index (χ2n) is 12.9. The van der Waals surface area contributed by atoms with Crippen molar-refractivity contribution >= 4 is 59.2 Å². The summed E-state index contributed by atoms with van der Waals surface area (Å²) in [5, 5.41) is 12.7. The largest absolute Gasteiger partial charge is 0.350 e. The SMILES string of the molecule is c1ccc(C2=NC(c3ccc(-n4c5ccccc5c5cc6c(cc54)sc4ccccc46)cc3)NC(c3ccc(-c4ccccc4)cc3)N2)cc1. The van der Waals surface area contributed by atoms with Crippen molar-refractivity contribution in [3.63, 3.8) is 0 Å². The molecule has 2 atom stereocenters. The lowest BCUT2D eigenvalue weighted by Crippen LogP contribution is -2.44. The van der Waals surface area contributed by atoms with Gasteiger partial charge in [-0.1, -0.05) is 133 Å². The summed E-state index contributed by atoms with van der Waals surface area (Å²) in [6.45, 7) is 0. The lowest BCUT2D eigenvalue weighted by atomic mass is 10.0. The number of nitrogens with zero attached hydrogens (tertiary/aromatic N) is 2. The Labute approximate surface area is 294 Å². The van der Waals surface area contributed by atoms with Crippen molar-refractivity contribution in [1.29, 1.82) is 0 Å². The van der Waals surface area contributed by atoms with Crippen LogP contribution in [0.4, 0.5) is 0 Å². The molecule has 0 saturated heterocycles. The van der Waals surface area contributed by atoms with Crippen molar-refractivity contribution in [2.24, 2.45) is 4.99 Å². The van der Waals surface area contributed by atoms with Crippen LogP contribution in [0.15, 0.2) is 175 Å². The number of fused-ring (bicyclic) bond motifs is 6. The molecule has 1 aliphatic rings. The van der Waals surface area contributed by atoms with E-state index < -0.39 is 0 Å². The number of rotatable bonds is 5. The zero-order valence-corrected chi connectivity index (χ0v) is 27.9. The molecule has 50 heavy (non-hydrogen) atoms. The van der Waals surface area contributed by atoms with E-state index in [-0.39, 0.29) is 12.3 Å². The summed E-state index contributed by atoms with van der Waals surface area (Å²) in [6.07, 6.45) is -0.339. The molecule has 0 bridgehead atoms. The van der Waals surface area contributed by atoms with Gasteiger partial charge in [-0.3, -0.25) is 5.32 Å². The summed E-state index contributed by atoms with van der Waals surface area (Å²) in [5.41, 5.74) is 9.32. The zero-order chi connectivity index (χ0) is 33.0. The number of para-hydroxylation sites is 1. The van der Waals surface area contributed by atoms with E-state index in [4.69, 9.17) is 4.99 Å². The number of benzene rings is 7. The topological polar surface area (TPSA) is 41.4 Å². The summed E-state index contributed by atoms with van der Waals surface area (Å²) in [4.78, 5) is 5.20. The minimum Gasteiger partial charge on any atom is -0.350 e. The van der Waals surface area contributed by atoms with Gasteiger partial charge in [0, 0.05) is 42.2 Å². The molecule has 1 aliphatic heterocycles. The molecule has 0 spiro atoms. The monoisotopic (exact) mass is 660 g/mol. The van der Waals surface area contributed by atoms with Gasteiger partial charge in [0.05, 0.1) is 11.0 Å². The van der Waals surface area contributed by atoms with E-state index in [1.807, 2.05) is 17.4 Å². The molecule has 7 aromatic carbocycles. The smallest absolute Gasteiger partial charge is 0.131 e. The molecule has 4 nitrogen and oxygen atoms in total. The van der Waals surface area contributed by atoms with Gasteiger partial charge in [0.15, 0.2) is 0 Å². The van der Waals surface area contributed by atoms with E-state index in [9.17, 15) is 0 Å². The summed E-state index contributed by atoms with van der Waals surface area (Å²) in [7, 11) is 0. The van der Waals surface area contributed by atoms with Gasteiger partial charge < -0.3 is 9.88 Å². The minimum atomic E-state index is -0.226. The van der Waals surface area contributed by atoms with Crippen LogP contribution in [0.25, 0.3) is 58.8 Å². The Balaban J connectivity index is 1.04. The Bertz CT molecular complexity index is 2690. The van der Waals surface area contributed by atoms with Gasteiger partial charge in [0.25, 0.3) is 0 Å². The highest BCUT2D eigenvalue weighted by atomic mass is 32.1. The number of thiophene rings is 1. The second kappa shape index (κ2) is 11.8. The van der Waals surface area contributed by atoms with Crippen molar-refractivity contribution < 1.29 is 0 Å². The standard InChI is InChI=1S/C45H32N4S/c1-3-11-29(12-4-1)30-19-21-32(22-20-30)44-46-43(31-13-5-2-6-14-31)47-45(48-44)33-23-25-34(26-24-33)49-39-17-9-7-15-35(39)37-27-38-36-16-8-10-18-41(36)50-42(38)28-40(37)49/h1-28,44-45,48H,(H,46,47). The van der Waals surface area contributed by atoms with Crippen LogP contribution in [0.1, 0.15) is 29.0 Å². The molecule has 9 aromatic rings. The molecular formula is C45H32N4S. The molecule has 2 N–H and O–H groups in total. The molecule has 2 unspecified atom stereocenters. The van der Waals surface area contributed by atoms with E-state index in [0.29, 0.717) is 0 Å². The molecule has 238 valence electrons. The highest BCUT2D eigenvalue weighted by molar-refractivity contribution is 7.25. The summed E-state index contributed by atoms with van der Waals surface area (Å²) in [6, 6.07) is 60.9. The van der Waals surface area contributed by atoms with Gasteiger partial charge in [0.1, 0.15) is 18.2 Å². The van der Waals surface area contributed by atoms with E-state index in [1.54, 1.807) is 0 Å². The fourth-order valence-corrected chi connectivity index (χ4v) is 8.53.